The highest BCUT2D eigenvalue weighted by Crippen LogP contribution is 2.38. The molecule has 0 saturated heterocycles. The normalized spacial score (nSPS) is 11.2. The number of carbonyl (C=O) groups excluding carboxylic acids is 1. The predicted octanol–water partition coefficient (Wildman–Crippen LogP) is 4.13. The summed E-state index contributed by atoms with van der Waals surface area (Å²) < 4.78 is 2.18. The van der Waals surface area contributed by atoms with Crippen molar-refractivity contribution in [3.63, 3.8) is 0 Å². The van der Waals surface area contributed by atoms with E-state index < -0.39 is 5.91 Å². The van der Waals surface area contributed by atoms with Crippen LogP contribution < -0.4 is 11.1 Å². The second-order valence-corrected chi connectivity index (χ2v) is 7.78. The number of hydrogen-bond acceptors (Lipinski definition) is 5. The van der Waals surface area contributed by atoms with Crippen LogP contribution >= 0.6 is 0 Å². The minimum Gasteiger partial charge on any atom is -0.396 e. The van der Waals surface area contributed by atoms with E-state index in [1.165, 1.54) is 6.33 Å². The molecule has 164 valence electrons. The third-order valence-corrected chi connectivity index (χ3v) is 5.75. The quantitative estimate of drug-likeness (QED) is 0.332. The SMILES string of the molecule is NC(=O)c1ccc(-n2c3ccccc3c3c(-c4cncnc4)cccc32)cc1NCCCO. The number of nitrogens with two attached hydrogens (primary N) is 1. The van der Waals surface area contributed by atoms with Crippen LogP contribution in [0.1, 0.15) is 16.8 Å². The number of aliphatic hydroxyl groups excluding tert-OH is 1. The van der Waals surface area contributed by atoms with Crippen molar-refractivity contribution in [2.24, 2.45) is 5.73 Å². The molecule has 3 aromatic carbocycles. The van der Waals surface area contributed by atoms with Crippen molar-refractivity contribution in [3.8, 4) is 16.8 Å². The van der Waals surface area contributed by atoms with Crippen molar-refractivity contribution in [3.05, 3.63) is 84.9 Å². The van der Waals surface area contributed by atoms with Gasteiger partial charge in [-0.1, -0.05) is 30.3 Å². The first kappa shape index (κ1) is 20.7. The number of fused-ring (bicyclic) bond motifs is 3. The van der Waals surface area contributed by atoms with Crippen LogP contribution in [-0.2, 0) is 0 Å². The Morgan fingerprint density at radius 2 is 1.79 bits per heavy atom. The van der Waals surface area contributed by atoms with E-state index in [1.807, 2.05) is 42.7 Å². The van der Waals surface area contributed by atoms with Gasteiger partial charge in [-0.05, 0) is 42.3 Å². The number of amides is 1. The Labute approximate surface area is 190 Å². The number of rotatable bonds is 7. The standard InChI is InChI=1S/C26H23N5O2/c27-26(33)20-10-9-18(13-22(20)30-11-4-12-32)31-23-7-2-1-5-21(23)25-19(6-3-8-24(25)31)17-14-28-16-29-15-17/h1-3,5-10,13-16,30,32H,4,11-12H2,(H2,27,33). The fourth-order valence-corrected chi connectivity index (χ4v) is 4.31. The first-order valence-corrected chi connectivity index (χ1v) is 10.8. The maximum Gasteiger partial charge on any atom is 0.250 e. The monoisotopic (exact) mass is 437 g/mol. The number of carbonyl (C=O) groups is 1. The zero-order valence-corrected chi connectivity index (χ0v) is 17.9. The Kier molecular flexibility index (Phi) is 5.46. The van der Waals surface area contributed by atoms with Gasteiger partial charge in [-0.25, -0.2) is 9.97 Å². The van der Waals surface area contributed by atoms with Crippen molar-refractivity contribution >= 4 is 33.4 Å². The molecule has 0 spiro atoms. The number of nitrogens with one attached hydrogen (secondary N) is 1. The smallest absolute Gasteiger partial charge is 0.250 e. The summed E-state index contributed by atoms with van der Waals surface area (Å²) >= 11 is 0. The van der Waals surface area contributed by atoms with E-state index in [4.69, 9.17) is 10.8 Å². The summed E-state index contributed by atoms with van der Waals surface area (Å²) in [5, 5.41) is 14.6. The highest BCUT2D eigenvalue weighted by molar-refractivity contribution is 6.15. The molecule has 7 nitrogen and oxygen atoms in total. The Morgan fingerprint density at radius 1 is 1.00 bits per heavy atom. The van der Waals surface area contributed by atoms with Crippen molar-refractivity contribution in [1.82, 2.24) is 14.5 Å². The molecule has 0 aliphatic heterocycles. The molecule has 2 heterocycles. The fraction of sp³-hybridized carbons (Fsp3) is 0.115. The van der Waals surface area contributed by atoms with Crippen LogP contribution in [0.4, 0.5) is 5.69 Å². The third kappa shape index (κ3) is 3.68. The summed E-state index contributed by atoms with van der Waals surface area (Å²) in [6.45, 7) is 0.600. The molecule has 0 saturated carbocycles. The number of primary amides is 1. The second-order valence-electron chi connectivity index (χ2n) is 7.78. The van der Waals surface area contributed by atoms with Crippen molar-refractivity contribution in [2.75, 3.05) is 18.5 Å². The zero-order chi connectivity index (χ0) is 22.8. The van der Waals surface area contributed by atoms with Gasteiger partial charge in [-0.3, -0.25) is 4.79 Å². The highest BCUT2D eigenvalue weighted by atomic mass is 16.3. The second kappa shape index (κ2) is 8.72. The molecule has 7 heteroatoms. The first-order chi connectivity index (χ1) is 16.2. The summed E-state index contributed by atoms with van der Waals surface area (Å²) in [5.41, 5.74) is 11.6. The number of aliphatic hydroxyl groups is 1. The van der Waals surface area contributed by atoms with E-state index in [-0.39, 0.29) is 6.61 Å². The van der Waals surface area contributed by atoms with Gasteiger partial charge in [0.15, 0.2) is 0 Å². The third-order valence-electron chi connectivity index (χ3n) is 5.75. The fourth-order valence-electron chi connectivity index (χ4n) is 4.31. The largest absolute Gasteiger partial charge is 0.396 e. The molecule has 5 rings (SSSR count). The van der Waals surface area contributed by atoms with Crippen LogP contribution in [0.3, 0.4) is 0 Å². The number of aromatic nitrogens is 3. The Morgan fingerprint density at radius 3 is 2.58 bits per heavy atom. The Hall–Kier alpha value is -4.23. The molecule has 0 bridgehead atoms. The number of para-hydroxylation sites is 1. The van der Waals surface area contributed by atoms with Gasteiger partial charge in [-0.15, -0.1) is 0 Å². The molecule has 0 fully saturated rings. The van der Waals surface area contributed by atoms with Crippen LogP contribution in [0, 0.1) is 0 Å². The van der Waals surface area contributed by atoms with E-state index in [2.05, 4.69) is 44.1 Å². The van der Waals surface area contributed by atoms with Crippen LogP contribution in [0.5, 0.6) is 0 Å². The van der Waals surface area contributed by atoms with Gasteiger partial charge in [0.05, 0.1) is 16.6 Å². The molecule has 2 aromatic heterocycles. The summed E-state index contributed by atoms with van der Waals surface area (Å²) in [4.78, 5) is 20.4. The van der Waals surface area contributed by atoms with E-state index >= 15 is 0 Å². The lowest BCUT2D eigenvalue weighted by atomic mass is 10.0. The lowest BCUT2D eigenvalue weighted by Gasteiger charge is -2.14. The van der Waals surface area contributed by atoms with Gasteiger partial charge < -0.3 is 20.7 Å². The average Bonchev–Trinajstić information content (AvgIpc) is 3.19. The van der Waals surface area contributed by atoms with Gasteiger partial charge in [0.2, 0.25) is 0 Å². The number of benzene rings is 3. The molecule has 0 aliphatic carbocycles. The molecule has 4 N–H and O–H groups in total. The van der Waals surface area contributed by atoms with Gasteiger partial charge >= 0.3 is 0 Å². The van der Waals surface area contributed by atoms with Crippen LogP contribution in [0.25, 0.3) is 38.6 Å². The molecule has 0 atom stereocenters. The van der Waals surface area contributed by atoms with Crippen molar-refractivity contribution < 1.29 is 9.90 Å². The summed E-state index contributed by atoms with van der Waals surface area (Å²) in [7, 11) is 0. The number of hydrogen-bond donors (Lipinski definition) is 3. The summed E-state index contributed by atoms with van der Waals surface area (Å²) in [6, 6.07) is 20.0. The first-order valence-electron chi connectivity index (χ1n) is 10.8. The van der Waals surface area contributed by atoms with E-state index in [0.29, 0.717) is 24.2 Å². The lowest BCUT2D eigenvalue weighted by Crippen LogP contribution is -2.15. The maximum atomic E-state index is 12.0. The van der Waals surface area contributed by atoms with Crippen LogP contribution in [0.15, 0.2) is 79.4 Å². The molecular weight excluding hydrogens is 414 g/mol. The maximum absolute atomic E-state index is 12.0. The number of nitrogens with zero attached hydrogens (tertiary/aromatic N) is 3. The van der Waals surface area contributed by atoms with Crippen LogP contribution in [0.2, 0.25) is 0 Å². The van der Waals surface area contributed by atoms with E-state index in [9.17, 15) is 4.79 Å². The van der Waals surface area contributed by atoms with Crippen molar-refractivity contribution in [2.45, 2.75) is 6.42 Å². The predicted molar refractivity (Wildman–Crippen MR) is 131 cm³/mol. The van der Waals surface area contributed by atoms with E-state index in [0.717, 1.165) is 38.6 Å². The average molecular weight is 438 g/mol. The van der Waals surface area contributed by atoms with Crippen LogP contribution in [-0.4, -0.2) is 38.7 Å². The van der Waals surface area contributed by atoms with E-state index in [1.54, 1.807) is 6.07 Å². The van der Waals surface area contributed by atoms with Gasteiger partial charge in [0.1, 0.15) is 6.33 Å². The summed E-state index contributed by atoms with van der Waals surface area (Å²) in [6.07, 6.45) is 5.73. The van der Waals surface area contributed by atoms with Crippen molar-refractivity contribution in [1.29, 1.82) is 0 Å². The molecule has 1 amide bonds. The molecule has 0 aliphatic rings. The zero-order valence-electron chi connectivity index (χ0n) is 17.9. The number of anilines is 1. The molecule has 33 heavy (non-hydrogen) atoms. The Bertz CT molecular complexity index is 1460. The van der Waals surface area contributed by atoms with Gasteiger partial charge in [0, 0.05) is 53.3 Å². The molecule has 0 radical (unpaired) electrons. The highest BCUT2D eigenvalue weighted by Gasteiger charge is 2.17. The summed E-state index contributed by atoms with van der Waals surface area (Å²) in [5.74, 6) is -0.498. The topological polar surface area (TPSA) is 106 Å². The molecule has 5 aromatic rings. The molecule has 0 unspecified atom stereocenters. The Balaban J connectivity index is 1.77. The minimum atomic E-state index is -0.498. The van der Waals surface area contributed by atoms with Gasteiger partial charge in [-0.2, -0.15) is 0 Å². The molecular formula is C26H23N5O2. The van der Waals surface area contributed by atoms with Gasteiger partial charge in [0.25, 0.3) is 5.91 Å². The lowest BCUT2D eigenvalue weighted by molar-refractivity contribution is 0.100. The minimum absolute atomic E-state index is 0.0669.